The van der Waals surface area contributed by atoms with E-state index in [0.29, 0.717) is 11.0 Å². The number of aliphatic hydroxyl groups is 2. The smallest absolute Gasteiger partial charge is 0.464 e. The first-order valence-corrected chi connectivity index (χ1v) is 11.4. The van der Waals surface area contributed by atoms with Crippen molar-refractivity contribution < 1.29 is 42.4 Å². The number of ether oxygens (including phenoxy) is 2. The van der Waals surface area contributed by atoms with Gasteiger partial charge in [-0.3, -0.25) is 4.79 Å². The summed E-state index contributed by atoms with van der Waals surface area (Å²) >= 11 is 1.17. The average Bonchev–Trinajstić information content (AvgIpc) is 3.32. The number of alkyl halides is 3. The number of nitrogens with two attached hydrogens (primary N) is 1. The highest BCUT2D eigenvalue weighted by atomic mass is 32.2. The predicted molar refractivity (Wildman–Crippen MR) is 114 cm³/mol. The maximum absolute atomic E-state index is 12.5. The lowest BCUT2D eigenvalue weighted by Crippen LogP contribution is -2.47. The molecule has 1 saturated heterocycles. The SMILES string of the molecule is CCOC(=O)[C@H](CCSC[C@H]1O[C@@H](n2ccc3c(N)ncnc32)[C@H](O)[C@@H]1O)NC(=O)C(F)(F)F. The number of amides is 1. The van der Waals surface area contributed by atoms with Gasteiger partial charge in [-0.2, -0.15) is 24.9 Å². The summed E-state index contributed by atoms with van der Waals surface area (Å²) in [6, 6.07) is 0.172. The second-order valence-electron chi connectivity index (χ2n) is 7.40. The zero-order valence-electron chi connectivity index (χ0n) is 17.9. The van der Waals surface area contributed by atoms with Gasteiger partial charge in [-0.15, -0.1) is 0 Å². The van der Waals surface area contributed by atoms with E-state index in [0.717, 1.165) is 0 Å². The highest BCUT2D eigenvalue weighted by Gasteiger charge is 2.44. The summed E-state index contributed by atoms with van der Waals surface area (Å²) in [6.07, 6.45) is -6.72. The van der Waals surface area contributed by atoms with Crippen LogP contribution in [0.15, 0.2) is 18.6 Å². The Morgan fingerprint density at radius 1 is 1.35 bits per heavy atom. The van der Waals surface area contributed by atoms with Crippen molar-refractivity contribution >= 4 is 40.5 Å². The van der Waals surface area contributed by atoms with Crippen LogP contribution in [-0.2, 0) is 19.1 Å². The van der Waals surface area contributed by atoms with Crippen molar-refractivity contribution in [3.8, 4) is 0 Å². The number of anilines is 1. The normalized spacial score (nSPS) is 23.7. The first-order chi connectivity index (χ1) is 16.0. The average molecular weight is 507 g/mol. The fourth-order valence-corrected chi connectivity index (χ4v) is 4.50. The van der Waals surface area contributed by atoms with Gasteiger partial charge in [-0.1, -0.05) is 0 Å². The topological polar surface area (TPSA) is 162 Å². The Hall–Kier alpha value is -2.62. The molecule has 0 spiro atoms. The molecule has 0 radical (unpaired) electrons. The Kier molecular flexibility index (Phi) is 8.22. The molecular formula is C19H24F3N5O6S. The minimum atomic E-state index is -5.14. The predicted octanol–water partition coefficient (Wildman–Crippen LogP) is 0.366. The monoisotopic (exact) mass is 507 g/mol. The van der Waals surface area contributed by atoms with Gasteiger partial charge in [0.15, 0.2) is 6.23 Å². The number of carbonyl (C=O) groups is 2. The Bertz CT molecular complexity index is 1020. The zero-order valence-corrected chi connectivity index (χ0v) is 18.8. The number of hydrogen-bond donors (Lipinski definition) is 4. The van der Waals surface area contributed by atoms with E-state index >= 15 is 0 Å². The number of nitrogens with zero attached hydrogens (tertiary/aromatic N) is 3. The molecule has 2 aromatic heterocycles. The number of hydrogen-bond acceptors (Lipinski definition) is 10. The summed E-state index contributed by atoms with van der Waals surface area (Å²) in [5.41, 5.74) is 6.23. The highest BCUT2D eigenvalue weighted by molar-refractivity contribution is 7.99. The molecule has 3 rings (SSSR count). The fourth-order valence-electron chi connectivity index (χ4n) is 3.43. The van der Waals surface area contributed by atoms with Gasteiger partial charge in [-0.05, 0) is 25.2 Å². The van der Waals surface area contributed by atoms with Crippen LogP contribution in [0, 0.1) is 0 Å². The van der Waals surface area contributed by atoms with Gasteiger partial charge in [0.2, 0.25) is 0 Å². The number of nitrogen functional groups attached to an aromatic ring is 1. The molecule has 0 unspecified atom stereocenters. The fraction of sp³-hybridized carbons (Fsp3) is 0.579. The quantitative estimate of drug-likeness (QED) is 0.276. The number of esters is 1. The molecule has 0 aliphatic carbocycles. The number of aromatic nitrogens is 3. The largest absolute Gasteiger partial charge is 0.471 e. The number of thioether (sulfide) groups is 1. The van der Waals surface area contributed by atoms with E-state index in [9.17, 15) is 33.0 Å². The Morgan fingerprint density at radius 3 is 2.76 bits per heavy atom. The van der Waals surface area contributed by atoms with Crippen molar-refractivity contribution in [3.63, 3.8) is 0 Å². The van der Waals surface area contributed by atoms with E-state index in [4.69, 9.17) is 15.2 Å². The summed E-state index contributed by atoms with van der Waals surface area (Å²) in [6.45, 7) is 1.43. The number of nitrogens with one attached hydrogen (secondary N) is 1. The van der Waals surface area contributed by atoms with E-state index in [-0.39, 0.29) is 30.4 Å². The molecule has 5 atom stereocenters. The number of fused-ring (bicyclic) bond motifs is 1. The van der Waals surface area contributed by atoms with Crippen LogP contribution in [0.25, 0.3) is 11.0 Å². The number of halogens is 3. The minimum Gasteiger partial charge on any atom is -0.464 e. The summed E-state index contributed by atoms with van der Waals surface area (Å²) in [5.74, 6) is -2.66. The summed E-state index contributed by atoms with van der Waals surface area (Å²) in [7, 11) is 0. The second kappa shape index (κ2) is 10.8. The van der Waals surface area contributed by atoms with E-state index in [1.807, 2.05) is 0 Å². The molecule has 3 heterocycles. The summed E-state index contributed by atoms with van der Waals surface area (Å²) < 4.78 is 49.7. The Morgan fingerprint density at radius 2 is 2.09 bits per heavy atom. The molecule has 188 valence electrons. The van der Waals surface area contributed by atoms with Crippen molar-refractivity contribution in [2.45, 2.75) is 50.1 Å². The van der Waals surface area contributed by atoms with Crippen molar-refractivity contribution in [2.24, 2.45) is 0 Å². The van der Waals surface area contributed by atoms with E-state index in [1.54, 1.807) is 17.6 Å². The lowest BCUT2D eigenvalue weighted by atomic mass is 10.1. The van der Waals surface area contributed by atoms with E-state index < -0.39 is 48.6 Å². The third-order valence-electron chi connectivity index (χ3n) is 5.12. The third-order valence-corrected chi connectivity index (χ3v) is 6.21. The zero-order chi connectivity index (χ0) is 25.0. The molecule has 5 N–H and O–H groups in total. The van der Waals surface area contributed by atoms with E-state index in [1.165, 1.54) is 29.6 Å². The molecule has 2 aromatic rings. The number of rotatable bonds is 9. The first kappa shape index (κ1) is 26.0. The maximum Gasteiger partial charge on any atom is 0.471 e. The molecular weight excluding hydrogens is 483 g/mol. The molecule has 1 aliphatic heterocycles. The van der Waals surface area contributed by atoms with Gasteiger partial charge < -0.3 is 35.3 Å². The lowest BCUT2D eigenvalue weighted by molar-refractivity contribution is -0.175. The van der Waals surface area contributed by atoms with Gasteiger partial charge >= 0.3 is 18.1 Å². The van der Waals surface area contributed by atoms with E-state index in [2.05, 4.69) is 9.97 Å². The van der Waals surface area contributed by atoms with Crippen LogP contribution in [0.2, 0.25) is 0 Å². The highest BCUT2D eigenvalue weighted by Crippen LogP contribution is 2.34. The van der Waals surface area contributed by atoms with Crippen LogP contribution in [0.3, 0.4) is 0 Å². The standard InChI is InChI=1S/C19H24F3N5O6S/c1-2-32-17(30)10(26-18(31)19(20,21)22)4-6-34-7-11-12(28)13(29)16(33-11)27-5-3-9-14(23)24-8-25-15(9)27/h3,5,8,10-13,16,28-29H,2,4,6-7H2,1H3,(H,26,31)(H2,23,24,25)/t10-,11+,12+,13+,16+/m0/s1. The van der Waals surface area contributed by atoms with Gasteiger partial charge in [0.05, 0.1) is 18.1 Å². The lowest BCUT2D eigenvalue weighted by Gasteiger charge is -2.19. The van der Waals surface area contributed by atoms with Crippen LogP contribution >= 0.6 is 11.8 Å². The molecule has 15 heteroatoms. The molecule has 1 fully saturated rings. The Balaban J connectivity index is 1.57. The van der Waals surface area contributed by atoms with Crippen molar-refractivity contribution in [2.75, 3.05) is 23.8 Å². The van der Waals surface area contributed by atoms with Crippen LogP contribution < -0.4 is 11.1 Å². The van der Waals surface area contributed by atoms with Crippen LogP contribution in [0.1, 0.15) is 19.6 Å². The molecule has 34 heavy (non-hydrogen) atoms. The molecule has 1 amide bonds. The minimum absolute atomic E-state index is 0.0591. The molecule has 1 aliphatic rings. The molecule has 0 bridgehead atoms. The van der Waals surface area contributed by atoms with Gasteiger partial charge in [0.25, 0.3) is 0 Å². The maximum atomic E-state index is 12.5. The summed E-state index contributed by atoms with van der Waals surface area (Å²) in [5, 5.41) is 23.1. The van der Waals surface area contributed by atoms with Gasteiger partial charge in [0, 0.05) is 11.9 Å². The van der Waals surface area contributed by atoms with Crippen molar-refractivity contribution in [3.05, 3.63) is 18.6 Å². The number of carbonyl (C=O) groups excluding carboxylic acids is 2. The van der Waals surface area contributed by atoms with Gasteiger partial charge in [0.1, 0.15) is 36.0 Å². The van der Waals surface area contributed by atoms with Crippen molar-refractivity contribution in [1.82, 2.24) is 19.9 Å². The second-order valence-corrected chi connectivity index (χ2v) is 8.55. The van der Waals surface area contributed by atoms with Crippen LogP contribution in [-0.4, -0.2) is 85.3 Å². The van der Waals surface area contributed by atoms with Crippen LogP contribution in [0.4, 0.5) is 19.0 Å². The number of aliphatic hydroxyl groups excluding tert-OH is 2. The summed E-state index contributed by atoms with van der Waals surface area (Å²) in [4.78, 5) is 31.2. The molecule has 11 nitrogen and oxygen atoms in total. The molecule has 0 aromatic carbocycles. The molecule has 0 saturated carbocycles. The van der Waals surface area contributed by atoms with Crippen LogP contribution in [0.5, 0.6) is 0 Å². The van der Waals surface area contributed by atoms with Gasteiger partial charge in [-0.25, -0.2) is 14.8 Å². The van der Waals surface area contributed by atoms with Crippen molar-refractivity contribution in [1.29, 1.82) is 0 Å². The first-order valence-electron chi connectivity index (χ1n) is 10.2. The third kappa shape index (κ3) is 5.71. The Labute approximate surface area is 195 Å².